The van der Waals surface area contributed by atoms with Gasteiger partial charge in [0.2, 0.25) is 0 Å². The summed E-state index contributed by atoms with van der Waals surface area (Å²) in [7, 11) is 0. The van der Waals surface area contributed by atoms with E-state index in [9.17, 15) is 13.6 Å². The first-order chi connectivity index (χ1) is 12.5. The van der Waals surface area contributed by atoms with Crippen molar-refractivity contribution in [1.29, 1.82) is 0 Å². The zero-order chi connectivity index (χ0) is 18.3. The highest BCUT2D eigenvalue weighted by Gasteiger charge is 2.22. The number of carbonyl (C=O) groups is 1. The number of primary amides is 1. The van der Waals surface area contributed by atoms with Crippen LogP contribution in [0.3, 0.4) is 0 Å². The van der Waals surface area contributed by atoms with Crippen molar-refractivity contribution in [3.8, 4) is 5.69 Å². The molecule has 0 radical (unpaired) electrons. The summed E-state index contributed by atoms with van der Waals surface area (Å²) >= 11 is 0. The molecular formula is C19H18F2N4O. The zero-order valence-corrected chi connectivity index (χ0v) is 14.0. The number of carbonyl (C=O) groups excluding carboxylic acids is 1. The van der Waals surface area contributed by atoms with Crippen molar-refractivity contribution in [3.63, 3.8) is 0 Å². The van der Waals surface area contributed by atoms with Gasteiger partial charge in [0.1, 0.15) is 23.1 Å². The molecule has 1 saturated heterocycles. The van der Waals surface area contributed by atoms with Crippen molar-refractivity contribution >= 4 is 16.8 Å². The van der Waals surface area contributed by atoms with E-state index in [1.807, 2.05) is 24.3 Å². The molecule has 26 heavy (non-hydrogen) atoms. The number of nitrogens with zero attached hydrogens (tertiary/aromatic N) is 2. The summed E-state index contributed by atoms with van der Waals surface area (Å²) in [5.74, 6) is -1.39. The summed E-state index contributed by atoms with van der Waals surface area (Å²) in [6, 6.07) is 10.4. The van der Waals surface area contributed by atoms with E-state index in [0.29, 0.717) is 18.4 Å². The Hall–Kier alpha value is -2.80. The van der Waals surface area contributed by atoms with Crippen LogP contribution in [0, 0.1) is 5.82 Å². The molecule has 2 atom stereocenters. The number of nitrogens with one attached hydrogen (secondary N) is 1. The van der Waals surface area contributed by atoms with Crippen molar-refractivity contribution < 1.29 is 13.6 Å². The van der Waals surface area contributed by atoms with Crippen LogP contribution in [-0.4, -0.2) is 34.9 Å². The molecule has 0 unspecified atom stereocenters. The van der Waals surface area contributed by atoms with Gasteiger partial charge in [0, 0.05) is 24.7 Å². The molecule has 5 nitrogen and oxygen atoms in total. The highest BCUT2D eigenvalue weighted by Crippen LogP contribution is 2.26. The van der Waals surface area contributed by atoms with Gasteiger partial charge in [-0.3, -0.25) is 4.79 Å². The maximum atomic E-state index is 13.9. The smallest absolute Gasteiger partial charge is 0.253 e. The standard InChI is InChI=1S/C19H18F2N4O/c20-14-7-13(8-23-9-14)11-1-4-15(5-2-11)25-10-12-3-6-16(21)17(19(22)26)18(12)24-25/h1-6,10,13-14,23H,7-9H2,(H2,22,26)/t13-,14-/m1/s1. The molecule has 1 aromatic heterocycles. The first-order valence-electron chi connectivity index (χ1n) is 8.45. The number of piperidine rings is 1. The molecule has 2 heterocycles. The normalized spacial score (nSPS) is 20.4. The number of benzene rings is 2. The molecule has 0 saturated carbocycles. The van der Waals surface area contributed by atoms with E-state index in [0.717, 1.165) is 17.8 Å². The van der Waals surface area contributed by atoms with Crippen LogP contribution in [0.5, 0.6) is 0 Å². The summed E-state index contributed by atoms with van der Waals surface area (Å²) in [6.07, 6.45) is 1.40. The van der Waals surface area contributed by atoms with Crippen LogP contribution < -0.4 is 11.1 Å². The zero-order valence-electron chi connectivity index (χ0n) is 14.0. The Morgan fingerprint density at radius 1 is 1.19 bits per heavy atom. The fraction of sp³-hybridized carbons (Fsp3) is 0.263. The van der Waals surface area contributed by atoms with Crippen molar-refractivity contribution in [2.24, 2.45) is 5.73 Å². The lowest BCUT2D eigenvalue weighted by molar-refractivity contribution is 0.0998. The van der Waals surface area contributed by atoms with E-state index < -0.39 is 17.9 Å². The first kappa shape index (κ1) is 16.7. The van der Waals surface area contributed by atoms with E-state index in [-0.39, 0.29) is 17.0 Å². The minimum atomic E-state index is -0.848. The minimum absolute atomic E-state index is 0.139. The summed E-state index contributed by atoms with van der Waals surface area (Å²) in [5.41, 5.74) is 7.13. The van der Waals surface area contributed by atoms with E-state index in [1.165, 1.54) is 6.07 Å². The SMILES string of the molecule is NC(=O)c1c(F)ccc2cn(-c3ccc([C@H]4CNC[C@H](F)C4)cc3)nc12. The number of halogens is 2. The molecule has 1 aliphatic rings. The third-order valence-corrected chi connectivity index (χ3v) is 4.80. The molecule has 134 valence electrons. The van der Waals surface area contributed by atoms with Gasteiger partial charge in [-0.25, -0.2) is 13.5 Å². The average molecular weight is 356 g/mol. The van der Waals surface area contributed by atoms with Crippen molar-refractivity contribution in [2.75, 3.05) is 13.1 Å². The monoisotopic (exact) mass is 356 g/mol. The summed E-state index contributed by atoms with van der Waals surface area (Å²) in [5, 5.41) is 8.05. The maximum absolute atomic E-state index is 13.9. The number of nitrogens with two attached hydrogens (primary N) is 1. The van der Waals surface area contributed by atoms with Gasteiger partial charge in [-0.05, 0) is 42.2 Å². The van der Waals surface area contributed by atoms with Crippen LogP contribution in [0.25, 0.3) is 16.6 Å². The molecular weight excluding hydrogens is 338 g/mol. The number of rotatable bonds is 3. The van der Waals surface area contributed by atoms with Crippen LogP contribution in [0.15, 0.2) is 42.6 Å². The van der Waals surface area contributed by atoms with Gasteiger partial charge in [-0.1, -0.05) is 12.1 Å². The van der Waals surface area contributed by atoms with Crippen LogP contribution >= 0.6 is 0 Å². The number of amides is 1. The Morgan fingerprint density at radius 2 is 1.96 bits per heavy atom. The predicted molar refractivity (Wildman–Crippen MR) is 94.7 cm³/mol. The molecule has 1 amide bonds. The van der Waals surface area contributed by atoms with Crippen molar-refractivity contribution in [2.45, 2.75) is 18.5 Å². The Bertz CT molecular complexity index is 968. The molecule has 4 rings (SSSR count). The number of hydrogen-bond acceptors (Lipinski definition) is 3. The average Bonchev–Trinajstić information content (AvgIpc) is 3.05. The summed E-state index contributed by atoms with van der Waals surface area (Å²) < 4.78 is 29.0. The lowest BCUT2D eigenvalue weighted by atomic mass is 9.91. The fourth-order valence-electron chi connectivity index (χ4n) is 3.47. The van der Waals surface area contributed by atoms with E-state index in [2.05, 4.69) is 10.4 Å². The molecule has 1 fully saturated rings. The Balaban J connectivity index is 1.67. The second-order valence-corrected chi connectivity index (χ2v) is 6.58. The van der Waals surface area contributed by atoms with E-state index >= 15 is 0 Å². The molecule has 1 aliphatic heterocycles. The van der Waals surface area contributed by atoms with E-state index in [1.54, 1.807) is 16.9 Å². The van der Waals surface area contributed by atoms with Crippen LogP contribution in [0.2, 0.25) is 0 Å². The third kappa shape index (κ3) is 2.94. The number of aromatic nitrogens is 2. The highest BCUT2D eigenvalue weighted by atomic mass is 19.1. The van der Waals surface area contributed by atoms with Crippen LogP contribution in [0.1, 0.15) is 28.3 Å². The van der Waals surface area contributed by atoms with Crippen LogP contribution in [-0.2, 0) is 0 Å². The van der Waals surface area contributed by atoms with Gasteiger partial charge < -0.3 is 11.1 Å². The van der Waals surface area contributed by atoms with Gasteiger partial charge in [-0.15, -0.1) is 0 Å². The molecule has 0 aliphatic carbocycles. The van der Waals surface area contributed by atoms with Gasteiger partial charge in [0.25, 0.3) is 5.91 Å². The van der Waals surface area contributed by atoms with Gasteiger partial charge in [-0.2, -0.15) is 5.10 Å². The van der Waals surface area contributed by atoms with Gasteiger partial charge in [0.15, 0.2) is 0 Å². The number of fused-ring (bicyclic) bond motifs is 1. The Morgan fingerprint density at radius 3 is 2.65 bits per heavy atom. The molecule has 0 bridgehead atoms. The summed E-state index contributed by atoms with van der Waals surface area (Å²) in [6.45, 7) is 1.17. The van der Waals surface area contributed by atoms with Gasteiger partial charge >= 0.3 is 0 Å². The fourth-order valence-corrected chi connectivity index (χ4v) is 3.47. The first-order valence-corrected chi connectivity index (χ1v) is 8.45. The van der Waals surface area contributed by atoms with Gasteiger partial charge in [0.05, 0.1) is 5.69 Å². The number of alkyl halides is 1. The van der Waals surface area contributed by atoms with Crippen LogP contribution in [0.4, 0.5) is 8.78 Å². The second-order valence-electron chi connectivity index (χ2n) is 6.58. The Labute approximate surface area is 148 Å². The largest absolute Gasteiger partial charge is 0.365 e. The third-order valence-electron chi connectivity index (χ3n) is 4.80. The second kappa shape index (κ2) is 6.49. The highest BCUT2D eigenvalue weighted by molar-refractivity contribution is 6.04. The lowest BCUT2D eigenvalue weighted by Crippen LogP contribution is -2.36. The molecule has 3 N–H and O–H groups in total. The molecule has 0 spiro atoms. The quantitative estimate of drug-likeness (QED) is 0.758. The lowest BCUT2D eigenvalue weighted by Gasteiger charge is -2.26. The molecule has 7 heteroatoms. The Kier molecular flexibility index (Phi) is 4.16. The minimum Gasteiger partial charge on any atom is -0.365 e. The molecule has 2 aromatic carbocycles. The predicted octanol–water partition coefficient (Wildman–Crippen LogP) is 2.68. The topological polar surface area (TPSA) is 72.9 Å². The van der Waals surface area contributed by atoms with E-state index in [4.69, 9.17) is 5.73 Å². The summed E-state index contributed by atoms with van der Waals surface area (Å²) in [4.78, 5) is 11.5. The van der Waals surface area contributed by atoms with Crippen molar-refractivity contribution in [3.05, 3.63) is 59.5 Å². The van der Waals surface area contributed by atoms with Crippen molar-refractivity contribution in [1.82, 2.24) is 15.1 Å². The maximum Gasteiger partial charge on any atom is 0.253 e. The molecule has 3 aromatic rings. The number of hydrogen-bond donors (Lipinski definition) is 2.